The summed E-state index contributed by atoms with van der Waals surface area (Å²) in [5.74, 6) is 0.695. The largest absolute Gasteiger partial charge is 0.314 e. The zero-order chi connectivity index (χ0) is 13.7. The summed E-state index contributed by atoms with van der Waals surface area (Å²) in [6.07, 6.45) is 4.36. The van der Waals surface area contributed by atoms with E-state index in [1.165, 1.54) is 18.5 Å². The molecule has 0 amide bonds. The van der Waals surface area contributed by atoms with Crippen molar-refractivity contribution in [2.24, 2.45) is 5.92 Å². The van der Waals surface area contributed by atoms with Crippen molar-refractivity contribution in [1.82, 2.24) is 15.2 Å². The summed E-state index contributed by atoms with van der Waals surface area (Å²) in [6.45, 7) is 10.3. The first-order valence-electron chi connectivity index (χ1n) is 7.59. The molecule has 0 aliphatic carbocycles. The Balaban J connectivity index is 2.04. The van der Waals surface area contributed by atoms with Gasteiger partial charge in [-0.2, -0.15) is 0 Å². The second kappa shape index (κ2) is 7.01. The average Bonchev–Trinajstić information content (AvgIpc) is 2.43. The van der Waals surface area contributed by atoms with E-state index in [0.29, 0.717) is 18.0 Å². The van der Waals surface area contributed by atoms with E-state index in [0.717, 1.165) is 19.6 Å². The normalized spacial score (nSPS) is 27.5. The number of hydrogen-bond acceptors (Lipinski definition) is 3. The Kier molecular flexibility index (Phi) is 5.34. The molecule has 3 unspecified atom stereocenters. The molecule has 3 atom stereocenters. The molecule has 0 spiro atoms. The van der Waals surface area contributed by atoms with Gasteiger partial charge in [-0.1, -0.05) is 19.9 Å². The maximum absolute atomic E-state index is 4.51. The van der Waals surface area contributed by atoms with Crippen molar-refractivity contribution in [1.29, 1.82) is 0 Å². The lowest BCUT2D eigenvalue weighted by atomic mass is 10.0. The van der Waals surface area contributed by atoms with Crippen LogP contribution < -0.4 is 5.32 Å². The van der Waals surface area contributed by atoms with Gasteiger partial charge >= 0.3 is 0 Å². The van der Waals surface area contributed by atoms with E-state index in [4.69, 9.17) is 0 Å². The van der Waals surface area contributed by atoms with Crippen LogP contribution in [0.5, 0.6) is 0 Å². The van der Waals surface area contributed by atoms with Crippen LogP contribution in [-0.2, 0) is 0 Å². The van der Waals surface area contributed by atoms with Crippen molar-refractivity contribution in [2.45, 2.75) is 45.7 Å². The third kappa shape index (κ3) is 4.02. The molecule has 0 bridgehead atoms. The van der Waals surface area contributed by atoms with Crippen LogP contribution in [0.4, 0.5) is 0 Å². The van der Waals surface area contributed by atoms with Crippen LogP contribution in [0.3, 0.4) is 0 Å². The van der Waals surface area contributed by atoms with E-state index in [9.17, 15) is 0 Å². The average molecular weight is 261 g/mol. The number of nitrogens with zero attached hydrogens (tertiary/aromatic N) is 2. The molecule has 2 rings (SSSR count). The molecule has 1 aliphatic heterocycles. The minimum absolute atomic E-state index is 0.416. The van der Waals surface area contributed by atoms with E-state index in [1.54, 1.807) is 0 Å². The highest BCUT2D eigenvalue weighted by Crippen LogP contribution is 2.21. The monoisotopic (exact) mass is 261 g/mol. The van der Waals surface area contributed by atoms with E-state index < -0.39 is 0 Å². The predicted octanol–water partition coefficient (Wildman–Crippen LogP) is 2.85. The summed E-state index contributed by atoms with van der Waals surface area (Å²) >= 11 is 0. The van der Waals surface area contributed by atoms with Crippen LogP contribution in [0, 0.1) is 5.92 Å². The van der Waals surface area contributed by atoms with E-state index in [1.807, 2.05) is 12.3 Å². The fourth-order valence-corrected chi connectivity index (χ4v) is 2.86. The Morgan fingerprint density at radius 1 is 1.47 bits per heavy atom. The van der Waals surface area contributed by atoms with Gasteiger partial charge in [0.2, 0.25) is 0 Å². The van der Waals surface area contributed by atoms with Crippen LogP contribution in [-0.4, -0.2) is 35.6 Å². The van der Waals surface area contributed by atoms with Crippen molar-refractivity contribution in [3.63, 3.8) is 0 Å². The molecule has 0 saturated carbocycles. The van der Waals surface area contributed by atoms with Crippen molar-refractivity contribution >= 4 is 0 Å². The van der Waals surface area contributed by atoms with Crippen LogP contribution in [0.1, 0.15) is 45.3 Å². The summed E-state index contributed by atoms with van der Waals surface area (Å²) < 4.78 is 0. The summed E-state index contributed by atoms with van der Waals surface area (Å²) in [5, 5.41) is 3.68. The number of nitrogens with one attached hydrogen (secondary N) is 1. The lowest BCUT2D eigenvalue weighted by Gasteiger charge is -2.35. The second-order valence-electron chi connectivity index (χ2n) is 5.83. The molecule has 3 nitrogen and oxygen atoms in total. The third-order valence-electron chi connectivity index (χ3n) is 4.22. The number of hydrogen-bond donors (Lipinski definition) is 1. The molecule has 1 N–H and O–H groups in total. The second-order valence-corrected chi connectivity index (χ2v) is 5.83. The van der Waals surface area contributed by atoms with E-state index >= 15 is 0 Å². The Bertz CT molecular complexity index is 366. The molecule has 0 radical (unpaired) electrons. The van der Waals surface area contributed by atoms with Crippen LogP contribution in [0.25, 0.3) is 0 Å². The minimum atomic E-state index is 0.416. The predicted molar refractivity (Wildman–Crippen MR) is 80.1 cm³/mol. The minimum Gasteiger partial charge on any atom is -0.314 e. The van der Waals surface area contributed by atoms with Crippen LogP contribution in [0.2, 0.25) is 0 Å². The van der Waals surface area contributed by atoms with Gasteiger partial charge in [-0.3, -0.25) is 9.88 Å². The zero-order valence-electron chi connectivity index (χ0n) is 12.5. The highest BCUT2D eigenvalue weighted by molar-refractivity contribution is 5.08. The quantitative estimate of drug-likeness (QED) is 0.907. The molecule has 0 aromatic carbocycles. The van der Waals surface area contributed by atoms with Gasteiger partial charge in [0.1, 0.15) is 0 Å². The highest BCUT2D eigenvalue weighted by Gasteiger charge is 2.22. The SMILES string of the molecule is CCC1CCN(C(C)c2ccccn2)CC(C)CN1. The summed E-state index contributed by atoms with van der Waals surface area (Å²) in [7, 11) is 0. The van der Waals surface area contributed by atoms with E-state index in [2.05, 4.69) is 48.1 Å². The van der Waals surface area contributed by atoms with Gasteiger partial charge in [0.15, 0.2) is 0 Å². The molecule has 106 valence electrons. The lowest BCUT2D eigenvalue weighted by molar-refractivity contribution is 0.151. The standard InChI is InChI=1S/C16H27N3/c1-4-15-8-10-19(12-13(2)11-18-15)14(3)16-7-5-6-9-17-16/h5-7,9,13-15,18H,4,8,10-12H2,1-3H3. The van der Waals surface area contributed by atoms with Crippen LogP contribution >= 0.6 is 0 Å². The molecule has 1 aromatic rings. The number of aromatic nitrogens is 1. The molecule has 1 saturated heterocycles. The van der Waals surface area contributed by atoms with Gasteiger partial charge in [0, 0.05) is 31.4 Å². The van der Waals surface area contributed by atoms with Gasteiger partial charge < -0.3 is 5.32 Å². The molecular formula is C16H27N3. The first-order valence-corrected chi connectivity index (χ1v) is 7.59. The van der Waals surface area contributed by atoms with Gasteiger partial charge in [-0.15, -0.1) is 0 Å². The Hall–Kier alpha value is -0.930. The Morgan fingerprint density at radius 3 is 3.00 bits per heavy atom. The Labute approximate surface area is 117 Å². The molecule has 1 aromatic heterocycles. The molecule has 1 aliphatic rings. The molecule has 1 fully saturated rings. The maximum atomic E-state index is 4.51. The highest BCUT2D eigenvalue weighted by atomic mass is 15.2. The molecule has 2 heterocycles. The third-order valence-corrected chi connectivity index (χ3v) is 4.22. The fourth-order valence-electron chi connectivity index (χ4n) is 2.86. The zero-order valence-corrected chi connectivity index (χ0v) is 12.5. The summed E-state index contributed by atoms with van der Waals surface area (Å²) in [4.78, 5) is 7.11. The van der Waals surface area contributed by atoms with Gasteiger partial charge in [0.25, 0.3) is 0 Å². The van der Waals surface area contributed by atoms with Crippen molar-refractivity contribution in [3.05, 3.63) is 30.1 Å². The first-order chi connectivity index (χ1) is 9.20. The molecular weight excluding hydrogens is 234 g/mol. The Morgan fingerprint density at radius 2 is 2.32 bits per heavy atom. The number of pyridine rings is 1. The summed E-state index contributed by atoms with van der Waals surface area (Å²) in [5.41, 5.74) is 1.19. The molecule has 19 heavy (non-hydrogen) atoms. The van der Waals surface area contributed by atoms with Crippen molar-refractivity contribution in [2.75, 3.05) is 19.6 Å². The number of rotatable bonds is 3. The smallest absolute Gasteiger partial charge is 0.0572 e. The van der Waals surface area contributed by atoms with Gasteiger partial charge in [-0.25, -0.2) is 0 Å². The summed E-state index contributed by atoms with van der Waals surface area (Å²) in [6, 6.07) is 7.30. The topological polar surface area (TPSA) is 28.2 Å². The van der Waals surface area contributed by atoms with Crippen molar-refractivity contribution < 1.29 is 0 Å². The van der Waals surface area contributed by atoms with Gasteiger partial charge in [-0.05, 0) is 44.4 Å². The molecule has 3 heteroatoms. The lowest BCUT2D eigenvalue weighted by Crippen LogP contribution is -2.44. The van der Waals surface area contributed by atoms with E-state index in [-0.39, 0.29) is 0 Å². The van der Waals surface area contributed by atoms with Crippen molar-refractivity contribution in [3.8, 4) is 0 Å². The maximum Gasteiger partial charge on any atom is 0.0572 e. The fraction of sp³-hybridized carbons (Fsp3) is 0.688. The van der Waals surface area contributed by atoms with Gasteiger partial charge in [0.05, 0.1) is 5.69 Å². The van der Waals surface area contributed by atoms with Crippen LogP contribution in [0.15, 0.2) is 24.4 Å². The first kappa shape index (κ1) is 14.5.